The molecular weight excluding hydrogens is 270 g/mol. The van der Waals surface area contributed by atoms with Crippen molar-refractivity contribution in [2.45, 2.75) is 54.4 Å². The molecule has 1 saturated heterocycles. The first-order valence-corrected chi connectivity index (χ1v) is 7.26. The normalized spacial score (nSPS) is 23.2. The van der Waals surface area contributed by atoms with E-state index in [0.717, 1.165) is 4.90 Å². The summed E-state index contributed by atoms with van der Waals surface area (Å²) in [4.78, 5) is 37.1. The van der Waals surface area contributed by atoms with Crippen LogP contribution in [0, 0.1) is 16.7 Å². The van der Waals surface area contributed by atoms with Crippen molar-refractivity contribution in [3.8, 4) is 0 Å². The zero-order chi connectivity index (χ0) is 16.2. The molecule has 0 aromatic rings. The molecule has 0 aromatic heterocycles. The molecule has 0 bridgehead atoms. The van der Waals surface area contributed by atoms with Crippen molar-refractivity contribution in [1.82, 2.24) is 4.90 Å². The molecule has 0 aromatic carbocycles. The Labute approximate surface area is 125 Å². The minimum Gasteiger partial charge on any atom is -0.409 e. The van der Waals surface area contributed by atoms with Gasteiger partial charge in [0.15, 0.2) is 0 Å². The van der Waals surface area contributed by atoms with Crippen molar-refractivity contribution in [3.63, 3.8) is 0 Å². The van der Waals surface area contributed by atoms with E-state index in [1.165, 1.54) is 0 Å². The van der Waals surface area contributed by atoms with E-state index in [4.69, 9.17) is 4.74 Å². The summed E-state index contributed by atoms with van der Waals surface area (Å²) in [6.45, 7) is 11.5. The maximum absolute atomic E-state index is 12.4. The standard InChI is InChI=1S/C16H23NO4/c1-9(2)13(17-10(18)7-8-11(17)19)21-14(20)12-15(3,4)16(12,5)6/h12H,7-8H2,1-6H3. The van der Waals surface area contributed by atoms with Crippen molar-refractivity contribution in [2.75, 3.05) is 0 Å². The molecule has 0 atom stereocenters. The average molecular weight is 293 g/mol. The Kier molecular flexibility index (Phi) is 3.51. The minimum atomic E-state index is -0.367. The van der Waals surface area contributed by atoms with Gasteiger partial charge in [-0.1, -0.05) is 27.7 Å². The van der Waals surface area contributed by atoms with Crippen LogP contribution in [-0.4, -0.2) is 22.7 Å². The smallest absolute Gasteiger partial charge is 0.316 e. The first-order valence-electron chi connectivity index (χ1n) is 7.26. The minimum absolute atomic E-state index is 0.0889. The molecule has 2 amide bonds. The maximum atomic E-state index is 12.4. The molecule has 0 unspecified atom stereocenters. The number of nitrogens with zero attached hydrogens (tertiary/aromatic N) is 1. The van der Waals surface area contributed by atoms with Gasteiger partial charge in [-0.15, -0.1) is 0 Å². The highest BCUT2D eigenvalue weighted by Gasteiger charge is 2.69. The molecule has 5 nitrogen and oxygen atoms in total. The average Bonchev–Trinajstić information content (AvgIpc) is 2.59. The van der Waals surface area contributed by atoms with Crippen LogP contribution < -0.4 is 0 Å². The Morgan fingerprint density at radius 1 is 1.05 bits per heavy atom. The first kappa shape index (κ1) is 15.7. The number of esters is 1. The van der Waals surface area contributed by atoms with Crippen LogP contribution in [0.15, 0.2) is 11.5 Å². The van der Waals surface area contributed by atoms with Crippen LogP contribution >= 0.6 is 0 Å². The lowest BCUT2D eigenvalue weighted by Crippen LogP contribution is -2.32. The third-order valence-corrected chi connectivity index (χ3v) is 5.14. The van der Waals surface area contributed by atoms with E-state index in [2.05, 4.69) is 0 Å². The summed E-state index contributed by atoms with van der Waals surface area (Å²) in [6, 6.07) is 0. The highest BCUT2D eigenvalue weighted by atomic mass is 16.6. The van der Waals surface area contributed by atoms with Crippen LogP contribution in [0.1, 0.15) is 54.4 Å². The van der Waals surface area contributed by atoms with Gasteiger partial charge < -0.3 is 4.74 Å². The van der Waals surface area contributed by atoms with Crippen LogP contribution in [0.4, 0.5) is 0 Å². The molecule has 21 heavy (non-hydrogen) atoms. The summed E-state index contributed by atoms with van der Waals surface area (Å²) in [5.41, 5.74) is 0.356. The molecule has 1 aliphatic heterocycles. The summed E-state index contributed by atoms with van der Waals surface area (Å²) in [7, 11) is 0. The number of hydrogen-bond acceptors (Lipinski definition) is 4. The van der Waals surface area contributed by atoms with Crippen molar-refractivity contribution >= 4 is 17.8 Å². The van der Waals surface area contributed by atoms with E-state index in [-0.39, 0.29) is 53.3 Å². The largest absolute Gasteiger partial charge is 0.409 e. The Balaban J connectivity index is 2.21. The number of imide groups is 1. The van der Waals surface area contributed by atoms with Gasteiger partial charge in [-0.25, -0.2) is 4.90 Å². The summed E-state index contributed by atoms with van der Waals surface area (Å²) in [5.74, 6) is -1.12. The monoisotopic (exact) mass is 293 g/mol. The van der Waals surface area contributed by atoms with E-state index in [9.17, 15) is 14.4 Å². The molecule has 2 rings (SSSR count). The second-order valence-electron chi connectivity index (χ2n) is 7.23. The topological polar surface area (TPSA) is 63.7 Å². The molecule has 1 aliphatic carbocycles. The third-order valence-electron chi connectivity index (χ3n) is 5.14. The number of rotatable bonds is 3. The zero-order valence-corrected chi connectivity index (χ0v) is 13.6. The van der Waals surface area contributed by atoms with E-state index in [0.29, 0.717) is 5.57 Å². The van der Waals surface area contributed by atoms with Crippen LogP contribution in [0.3, 0.4) is 0 Å². The van der Waals surface area contributed by atoms with Gasteiger partial charge in [0.05, 0.1) is 5.92 Å². The van der Waals surface area contributed by atoms with Crippen LogP contribution in [0.5, 0.6) is 0 Å². The second kappa shape index (κ2) is 4.68. The van der Waals surface area contributed by atoms with Gasteiger partial charge in [-0.2, -0.15) is 0 Å². The quantitative estimate of drug-likeness (QED) is 0.456. The van der Waals surface area contributed by atoms with E-state index in [1.54, 1.807) is 13.8 Å². The summed E-state index contributed by atoms with van der Waals surface area (Å²) in [6.07, 6.45) is 0.348. The fourth-order valence-electron chi connectivity index (χ4n) is 3.11. The second-order valence-corrected chi connectivity index (χ2v) is 7.23. The molecule has 2 fully saturated rings. The zero-order valence-electron chi connectivity index (χ0n) is 13.6. The maximum Gasteiger partial charge on any atom is 0.316 e. The van der Waals surface area contributed by atoms with Gasteiger partial charge in [0.2, 0.25) is 17.7 Å². The molecule has 0 radical (unpaired) electrons. The molecule has 116 valence electrons. The number of hydrogen-bond donors (Lipinski definition) is 0. The number of carbonyl (C=O) groups excluding carboxylic acids is 3. The number of carbonyl (C=O) groups is 3. The van der Waals surface area contributed by atoms with Gasteiger partial charge in [0.1, 0.15) is 0 Å². The molecule has 0 spiro atoms. The van der Waals surface area contributed by atoms with Crippen molar-refractivity contribution in [3.05, 3.63) is 11.5 Å². The molecule has 5 heteroatoms. The van der Waals surface area contributed by atoms with E-state index < -0.39 is 0 Å². The van der Waals surface area contributed by atoms with Crippen LogP contribution in [-0.2, 0) is 19.1 Å². The highest BCUT2D eigenvalue weighted by Crippen LogP contribution is 2.68. The Bertz CT molecular complexity index is 523. The van der Waals surface area contributed by atoms with E-state index in [1.807, 2.05) is 27.7 Å². The Morgan fingerprint density at radius 2 is 1.48 bits per heavy atom. The van der Waals surface area contributed by atoms with Crippen LogP contribution in [0.2, 0.25) is 0 Å². The molecule has 1 saturated carbocycles. The highest BCUT2D eigenvalue weighted by molar-refractivity contribution is 6.03. The Hall–Kier alpha value is -1.65. The molecular formula is C16H23NO4. The van der Waals surface area contributed by atoms with Crippen molar-refractivity contribution < 1.29 is 19.1 Å². The summed E-state index contributed by atoms with van der Waals surface area (Å²) in [5, 5.41) is 0. The first-order chi connectivity index (χ1) is 9.51. The van der Waals surface area contributed by atoms with Crippen molar-refractivity contribution in [1.29, 1.82) is 0 Å². The van der Waals surface area contributed by atoms with E-state index >= 15 is 0 Å². The third kappa shape index (κ3) is 2.28. The van der Waals surface area contributed by atoms with Gasteiger partial charge >= 0.3 is 5.97 Å². The summed E-state index contributed by atoms with van der Waals surface area (Å²) >= 11 is 0. The van der Waals surface area contributed by atoms with Gasteiger partial charge in [-0.3, -0.25) is 14.4 Å². The van der Waals surface area contributed by atoms with Gasteiger partial charge in [-0.05, 0) is 30.3 Å². The number of allylic oxidation sites excluding steroid dienone is 1. The predicted molar refractivity (Wildman–Crippen MR) is 76.6 cm³/mol. The lowest BCUT2D eigenvalue weighted by Gasteiger charge is -2.19. The van der Waals surface area contributed by atoms with Gasteiger partial charge in [0.25, 0.3) is 0 Å². The molecule has 2 aliphatic rings. The SMILES string of the molecule is CC(C)=C(OC(=O)C1C(C)(C)C1(C)C)N1C(=O)CCC1=O. The van der Waals surface area contributed by atoms with Gasteiger partial charge in [0, 0.05) is 12.8 Å². The fraction of sp³-hybridized carbons (Fsp3) is 0.688. The summed E-state index contributed by atoms with van der Waals surface area (Å²) < 4.78 is 5.46. The number of ether oxygens (including phenoxy) is 1. The number of amides is 2. The lowest BCUT2D eigenvalue weighted by atomic mass is 10.0. The van der Waals surface area contributed by atoms with Crippen molar-refractivity contribution in [2.24, 2.45) is 16.7 Å². The number of likely N-dealkylation sites (tertiary alicyclic amines) is 1. The molecule has 1 heterocycles. The Morgan fingerprint density at radius 3 is 1.81 bits per heavy atom. The van der Waals surface area contributed by atoms with Crippen LogP contribution in [0.25, 0.3) is 0 Å². The predicted octanol–water partition coefficient (Wildman–Crippen LogP) is 2.61. The fourth-order valence-corrected chi connectivity index (χ4v) is 3.11. The lowest BCUT2D eigenvalue weighted by molar-refractivity contribution is -0.149. The molecule has 0 N–H and O–H groups in total.